The molecule has 3 aliphatic rings. The first kappa shape index (κ1) is 28.8. The third-order valence-corrected chi connectivity index (χ3v) is 7.00. The molecule has 1 saturated heterocycles. The molecule has 1 aromatic rings. The number of carbonyl (C=O) groups excluding carboxylic acids is 1. The van der Waals surface area contributed by atoms with Gasteiger partial charge in [-0.3, -0.25) is 4.79 Å². The van der Waals surface area contributed by atoms with E-state index in [0.29, 0.717) is 49.5 Å². The Hall–Kier alpha value is -1.81. The van der Waals surface area contributed by atoms with Crippen molar-refractivity contribution in [3.8, 4) is 0 Å². The van der Waals surface area contributed by atoms with Gasteiger partial charge in [-0.1, -0.05) is 20.3 Å². The molecule has 1 amide bonds. The fraction of sp³-hybridized carbons (Fsp3) is 0.731. The van der Waals surface area contributed by atoms with Gasteiger partial charge >= 0.3 is 12.4 Å². The van der Waals surface area contributed by atoms with Crippen molar-refractivity contribution >= 4 is 5.91 Å². The predicted octanol–water partition coefficient (Wildman–Crippen LogP) is 6.33. The van der Waals surface area contributed by atoms with Gasteiger partial charge in [-0.05, 0) is 68.2 Å². The standard InChI is InChI=1S/C23H28F6N2O2.C3H8/c24-22(25,26)16-7-13(8-17(10-16)23(27,28)29)11-30-21(32)15-3-4-18(9-15)31-20-5-6-33-12-19(20)14-1-2-14;1-3-2/h7-8,10,14-15,18-20,31H,1-6,9,11-12H2,(H,30,32);3H2,1-2H3/t15-,18+,19?,20?;/m0./s1. The fourth-order valence-corrected chi connectivity index (χ4v) is 5.08. The van der Waals surface area contributed by atoms with Gasteiger partial charge < -0.3 is 15.4 Å². The Morgan fingerprint density at radius 2 is 1.56 bits per heavy atom. The Morgan fingerprint density at radius 3 is 2.11 bits per heavy atom. The first-order chi connectivity index (χ1) is 16.9. The Balaban J connectivity index is 0.00000115. The zero-order chi connectivity index (χ0) is 26.5. The Bertz CT molecular complexity index is 837. The van der Waals surface area contributed by atoms with E-state index < -0.39 is 23.5 Å². The third kappa shape index (κ3) is 8.10. The van der Waals surface area contributed by atoms with Gasteiger partial charge in [0.1, 0.15) is 0 Å². The fourth-order valence-electron chi connectivity index (χ4n) is 5.08. The van der Waals surface area contributed by atoms with Gasteiger partial charge in [-0.25, -0.2) is 0 Å². The van der Waals surface area contributed by atoms with Gasteiger partial charge in [-0.15, -0.1) is 0 Å². The summed E-state index contributed by atoms with van der Waals surface area (Å²) in [5, 5.41) is 6.22. The van der Waals surface area contributed by atoms with Crippen LogP contribution in [0.4, 0.5) is 26.3 Å². The van der Waals surface area contributed by atoms with Crippen LogP contribution in [-0.2, 0) is 28.4 Å². The van der Waals surface area contributed by atoms with E-state index in [1.165, 1.54) is 19.3 Å². The van der Waals surface area contributed by atoms with Crippen LogP contribution in [0.1, 0.15) is 75.5 Å². The molecule has 4 nitrogen and oxygen atoms in total. The molecule has 2 aliphatic carbocycles. The highest BCUT2D eigenvalue weighted by molar-refractivity contribution is 5.79. The van der Waals surface area contributed by atoms with Crippen LogP contribution in [0.5, 0.6) is 0 Å². The molecule has 0 bridgehead atoms. The summed E-state index contributed by atoms with van der Waals surface area (Å²) in [6.45, 7) is 5.34. The van der Waals surface area contributed by atoms with Gasteiger partial charge in [0.15, 0.2) is 0 Å². The van der Waals surface area contributed by atoms with E-state index in [1.54, 1.807) is 0 Å². The Kier molecular flexibility index (Phi) is 9.71. The number of halogens is 6. The van der Waals surface area contributed by atoms with Crippen molar-refractivity contribution in [1.29, 1.82) is 0 Å². The monoisotopic (exact) mass is 522 g/mol. The highest BCUT2D eigenvalue weighted by Gasteiger charge is 2.41. The largest absolute Gasteiger partial charge is 0.416 e. The zero-order valence-electron chi connectivity index (χ0n) is 20.8. The van der Waals surface area contributed by atoms with Crippen LogP contribution in [0.3, 0.4) is 0 Å². The molecule has 0 aromatic heterocycles. The summed E-state index contributed by atoms with van der Waals surface area (Å²) in [4.78, 5) is 12.6. The number of carbonyl (C=O) groups is 1. The van der Waals surface area contributed by atoms with E-state index in [9.17, 15) is 31.1 Å². The number of alkyl halides is 6. The maximum Gasteiger partial charge on any atom is 0.416 e. The number of ether oxygens (including phenoxy) is 1. The van der Waals surface area contributed by atoms with E-state index >= 15 is 0 Å². The molecule has 2 saturated carbocycles. The minimum Gasteiger partial charge on any atom is -0.381 e. The van der Waals surface area contributed by atoms with Crippen LogP contribution in [-0.4, -0.2) is 31.2 Å². The molecule has 2 N–H and O–H groups in total. The molecular weight excluding hydrogens is 486 g/mol. The first-order valence-electron chi connectivity index (χ1n) is 12.8. The molecule has 36 heavy (non-hydrogen) atoms. The van der Waals surface area contributed by atoms with Crippen molar-refractivity contribution in [1.82, 2.24) is 10.6 Å². The summed E-state index contributed by atoms with van der Waals surface area (Å²) in [5.41, 5.74) is -2.99. The summed E-state index contributed by atoms with van der Waals surface area (Å²) < 4.78 is 83.8. The number of rotatable bonds is 6. The van der Waals surface area contributed by atoms with Crippen molar-refractivity contribution in [2.45, 2.75) is 89.8 Å². The second-order valence-corrected chi connectivity index (χ2v) is 10.2. The molecule has 2 unspecified atom stereocenters. The molecule has 1 aliphatic heterocycles. The summed E-state index contributed by atoms with van der Waals surface area (Å²) >= 11 is 0. The number of hydrogen-bond acceptors (Lipinski definition) is 3. The van der Waals surface area contributed by atoms with Gasteiger partial charge in [-0.2, -0.15) is 26.3 Å². The maximum absolute atomic E-state index is 13.0. The van der Waals surface area contributed by atoms with E-state index in [-0.39, 0.29) is 36.0 Å². The third-order valence-electron chi connectivity index (χ3n) is 7.00. The molecule has 4 rings (SSSR count). The zero-order valence-corrected chi connectivity index (χ0v) is 20.8. The molecular formula is C26H36F6N2O2. The second kappa shape index (κ2) is 12.2. The SMILES string of the molecule is CCC.O=C(NCc1cc(C(F)(F)F)cc(C(F)(F)F)c1)[C@H]1CC[C@@H](NC2CCOCC2C2CC2)C1. The minimum atomic E-state index is -4.91. The van der Waals surface area contributed by atoms with Gasteiger partial charge in [0.05, 0.1) is 17.7 Å². The molecule has 3 fully saturated rings. The quantitative estimate of drug-likeness (QED) is 0.430. The van der Waals surface area contributed by atoms with Crippen LogP contribution in [0, 0.1) is 17.8 Å². The normalized spacial score (nSPS) is 26.8. The first-order valence-corrected chi connectivity index (χ1v) is 12.8. The predicted molar refractivity (Wildman–Crippen MR) is 124 cm³/mol. The average molecular weight is 523 g/mol. The molecule has 0 radical (unpaired) electrons. The second-order valence-electron chi connectivity index (χ2n) is 10.2. The lowest BCUT2D eigenvalue weighted by molar-refractivity contribution is -0.143. The molecule has 4 atom stereocenters. The van der Waals surface area contributed by atoms with Crippen molar-refractivity contribution in [3.05, 3.63) is 34.9 Å². The summed E-state index contributed by atoms with van der Waals surface area (Å²) in [5.74, 6) is 0.554. The van der Waals surface area contributed by atoms with Crippen LogP contribution in [0.2, 0.25) is 0 Å². The molecule has 204 valence electrons. The van der Waals surface area contributed by atoms with E-state index in [2.05, 4.69) is 24.5 Å². The molecule has 10 heteroatoms. The topological polar surface area (TPSA) is 50.4 Å². The van der Waals surface area contributed by atoms with E-state index in [4.69, 9.17) is 4.74 Å². The van der Waals surface area contributed by atoms with Crippen molar-refractivity contribution in [3.63, 3.8) is 0 Å². The smallest absolute Gasteiger partial charge is 0.381 e. The van der Waals surface area contributed by atoms with Crippen LogP contribution in [0.15, 0.2) is 18.2 Å². The van der Waals surface area contributed by atoms with Crippen LogP contribution < -0.4 is 10.6 Å². The highest BCUT2D eigenvalue weighted by atomic mass is 19.4. The molecule has 1 aromatic carbocycles. The number of hydrogen-bond donors (Lipinski definition) is 2. The molecule has 0 spiro atoms. The van der Waals surface area contributed by atoms with E-state index in [0.717, 1.165) is 19.4 Å². The van der Waals surface area contributed by atoms with Gasteiger partial charge in [0.2, 0.25) is 5.91 Å². The molecule has 1 heterocycles. The summed E-state index contributed by atoms with van der Waals surface area (Å²) in [6, 6.07) is 1.93. The number of nitrogens with one attached hydrogen (secondary N) is 2. The highest BCUT2D eigenvalue weighted by Crippen LogP contribution is 2.41. The van der Waals surface area contributed by atoms with Crippen molar-refractivity contribution in [2.75, 3.05) is 13.2 Å². The number of benzene rings is 1. The lowest BCUT2D eigenvalue weighted by Crippen LogP contribution is -2.47. The minimum absolute atomic E-state index is 0.0871. The maximum atomic E-state index is 13.0. The lowest BCUT2D eigenvalue weighted by atomic mass is 9.90. The lowest BCUT2D eigenvalue weighted by Gasteiger charge is -2.34. The van der Waals surface area contributed by atoms with E-state index in [1.807, 2.05) is 0 Å². The van der Waals surface area contributed by atoms with Crippen molar-refractivity contribution in [2.24, 2.45) is 17.8 Å². The average Bonchev–Trinajstić information content (AvgIpc) is 3.55. The van der Waals surface area contributed by atoms with Gasteiger partial charge in [0, 0.05) is 37.1 Å². The Morgan fingerprint density at radius 1 is 0.944 bits per heavy atom. The van der Waals surface area contributed by atoms with Crippen molar-refractivity contribution < 1.29 is 35.9 Å². The summed E-state index contributed by atoms with van der Waals surface area (Å²) in [7, 11) is 0. The van der Waals surface area contributed by atoms with Crippen LogP contribution in [0.25, 0.3) is 0 Å². The van der Waals surface area contributed by atoms with Gasteiger partial charge in [0.25, 0.3) is 0 Å². The van der Waals surface area contributed by atoms with Crippen LogP contribution >= 0.6 is 0 Å². The number of amides is 1. The summed E-state index contributed by atoms with van der Waals surface area (Å²) in [6.07, 6.45) is -3.12. The Labute approximate surface area is 208 Å².